The van der Waals surface area contributed by atoms with E-state index in [1.807, 2.05) is 19.9 Å². The normalized spacial score (nSPS) is 23.2. The van der Waals surface area contributed by atoms with Crippen LogP contribution in [-0.4, -0.2) is 32.9 Å². The first-order valence-corrected chi connectivity index (χ1v) is 6.85. The highest BCUT2D eigenvalue weighted by molar-refractivity contribution is 9.10. The van der Waals surface area contributed by atoms with Crippen molar-refractivity contribution in [3.63, 3.8) is 0 Å². The van der Waals surface area contributed by atoms with Gasteiger partial charge in [-0.15, -0.1) is 0 Å². The molecule has 1 aromatic rings. The van der Waals surface area contributed by atoms with Crippen LogP contribution in [0.15, 0.2) is 22.9 Å². The molecule has 6 heteroatoms. The average molecular weight is 327 g/mol. The molecule has 5 nitrogen and oxygen atoms in total. The fraction of sp³-hybridized carbons (Fsp3) is 0.462. The third-order valence-corrected chi connectivity index (χ3v) is 3.74. The van der Waals surface area contributed by atoms with Crippen LogP contribution in [0.1, 0.15) is 31.9 Å². The predicted octanol–water partition coefficient (Wildman–Crippen LogP) is 2.23. The number of nitrogens with zero attached hydrogens (tertiary/aromatic N) is 2. The number of hydrogen-bond donors (Lipinski definition) is 1. The topological polar surface area (TPSA) is 70.5 Å². The molecule has 0 spiro atoms. The van der Waals surface area contributed by atoms with E-state index in [2.05, 4.69) is 20.9 Å². The Labute approximate surface area is 119 Å². The largest absolute Gasteiger partial charge is 0.481 e. The molecule has 2 heterocycles. The number of pyridine rings is 1. The first kappa shape index (κ1) is 14.0. The number of carboxylic acids is 1. The zero-order valence-corrected chi connectivity index (χ0v) is 12.3. The van der Waals surface area contributed by atoms with Crippen molar-refractivity contribution in [3.05, 3.63) is 28.5 Å². The minimum Gasteiger partial charge on any atom is -0.481 e. The molecule has 2 atom stereocenters. The second kappa shape index (κ2) is 5.28. The van der Waals surface area contributed by atoms with Crippen molar-refractivity contribution in [1.82, 2.24) is 9.88 Å². The van der Waals surface area contributed by atoms with Crippen molar-refractivity contribution in [2.45, 2.75) is 32.4 Å². The van der Waals surface area contributed by atoms with Crippen molar-refractivity contribution in [3.8, 4) is 0 Å². The monoisotopic (exact) mass is 326 g/mol. The molecule has 0 aromatic carbocycles. The highest BCUT2D eigenvalue weighted by atomic mass is 79.9. The molecule has 1 aliphatic rings. The van der Waals surface area contributed by atoms with Gasteiger partial charge in [-0.1, -0.05) is 0 Å². The SMILES string of the molecule is CC(C)N1C(=O)CC(C(=O)O)C1c1cncc(Br)c1. The van der Waals surface area contributed by atoms with E-state index in [4.69, 9.17) is 0 Å². The zero-order valence-electron chi connectivity index (χ0n) is 10.7. The van der Waals surface area contributed by atoms with Gasteiger partial charge in [-0.25, -0.2) is 0 Å². The van der Waals surface area contributed by atoms with E-state index in [1.165, 1.54) is 0 Å². The minimum atomic E-state index is -0.943. The summed E-state index contributed by atoms with van der Waals surface area (Å²) in [6, 6.07) is 1.33. The van der Waals surface area contributed by atoms with E-state index in [9.17, 15) is 14.7 Å². The van der Waals surface area contributed by atoms with Crippen molar-refractivity contribution >= 4 is 27.8 Å². The Morgan fingerprint density at radius 3 is 2.74 bits per heavy atom. The summed E-state index contributed by atoms with van der Waals surface area (Å²) in [5, 5.41) is 9.32. The molecule has 1 saturated heterocycles. The van der Waals surface area contributed by atoms with Crippen LogP contribution >= 0.6 is 15.9 Å². The predicted molar refractivity (Wildman–Crippen MR) is 72.4 cm³/mol. The molecule has 2 unspecified atom stereocenters. The van der Waals surface area contributed by atoms with Crippen LogP contribution in [0, 0.1) is 5.92 Å². The van der Waals surface area contributed by atoms with E-state index < -0.39 is 17.9 Å². The van der Waals surface area contributed by atoms with Crippen molar-refractivity contribution in [2.75, 3.05) is 0 Å². The van der Waals surface area contributed by atoms with Gasteiger partial charge in [-0.3, -0.25) is 14.6 Å². The Bertz CT molecular complexity index is 518. The molecule has 0 radical (unpaired) electrons. The fourth-order valence-electron chi connectivity index (χ4n) is 2.57. The third-order valence-electron chi connectivity index (χ3n) is 3.30. The zero-order chi connectivity index (χ0) is 14.2. The minimum absolute atomic E-state index is 0.0409. The molecule has 102 valence electrons. The second-order valence-electron chi connectivity index (χ2n) is 4.92. The average Bonchev–Trinajstić information content (AvgIpc) is 2.67. The Balaban J connectivity index is 2.46. The number of hydrogen-bond acceptors (Lipinski definition) is 3. The number of carbonyl (C=O) groups is 2. The first-order valence-electron chi connectivity index (χ1n) is 6.06. The number of aromatic nitrogens is 1. The van der Waals surface area contributed by atoms with Gasteiger partial charge < -0.3 is 10.0 Å². The molecule has 1 N–H and O–H groups in total. The highest BCUT2D eigenvalue weighted by Gasteiger charge is 2.45. The van der Waals surface area contributed by atoms with Gasteiger partial charge in [0, 0.05) is 29.3 Å². The van der Waals surface area contributed by atoms with Crippen LogP contribution in [0.25, 0.3) is 0 Å². The summed E-state index contributed by atoms with van der Waals surface area (Å²) in [6.45, 7) is 3.78. The van der Waals surface area contributed by atoms with Gasteiger partial charge >= 0.3 is 5.97 Å². The third kappa shape index (κ3) is 2.63. The summed E-state index contributed by atoms with van der Waals surface area (Å²) < 4.78 is 0.775. The second-order valence-corrected chi connectivity index (χ2v) is 5.84. The maximum atomic E-state index is 12.0. The molecule has 0 bridgehead atoms. The van der Waals surface area contributed by atoms with Crippen LogP contribution in [0.2, 0.25) is 0 Å². The molecular weight excluding hydrogens is 312 g/mol. The summed E-state index contributed by atoms with van der Waals surface area (Å²) in [6.07, 6.45) is 3.31. The van der Waals surface area contributed by atoms with Crippen LogP contribution in [0.5, 0.6) is 0 Å². The number of carbonyl (C=O) groups excluding carboxylic acids is 1. The van der Waals surface area contributed by atoms with E-state index >= 15 is 0 Å². The maximum absolute atomic E-state index is 12.0. The van der Waals surface area contributed by atoms with Crippen LogP contribution in [0.4, 0.5) is 0 Å². The molecule has 1 fully saturated rings. The van der Waals surface area contributed by atoms with Crippen molar-refractivity contribution < 1.29 is 14.7 Å². The lowest BCUT2D eigenvalue weighted by molar-refractivity contribution is -0.142. The smallest absolute Gasteiger partial charge is 0.309 e. The van der Waals surface area contributed by atoms with Crippen molar-refractivity contribution in [2.24, 2.45) is 5.92 Å². The van der Waals surface area contributed by atoms with Crippen LogP contribution in [0.3, 0.4) is 0 Å². The Kier molecular flexibility index (Phi) is 3.89. The van der Waals surface area contributed by atoms with E-state index in [-0.39, 0.29) is 18.4 Å². The van der Waals surface area contributed by atoms with Gasteiger partial charge in [-0.05, 0) is 41.4 Å². The summed E-state index contributed by atoms with van der Waals surface area (Å²) in [7, 11) is 0. The molecule has 1 amide bonds. The fourth-order valence-corrected chi connectivity index (χ4v) is 2.95. The Morgan fingerprint density at radius 1 is 1.53 bits per heavy atom. The number of halogens is 1. The molecular formula is C13H15BrN2O3. The molecule has 0 saturated carbocycles. The van der Waals surface area contributed by atoms with E-state index in [1.54, 1.807) is 17.3 Å². The molecule has 2 rings (SSSR count). The van der Waals surface area contributed by atoms with Gasteiger partial charge in [0.05, 0.1) is 12.0 Å². The van der Waals surface area contributed by atoms with Crippen LogP contribution in [-0.2, 0) is 9.59 Å². The lowest BCUT2D eigenvalue weighted by atomic mass is 9.94. The lowest BCUT2D eigenvalue weighted by Crippen LogP contribution is -2.36. The summed E-state index contributed by atoms with van der Waals surface area (Å²) in [5.41, 5.74) is 0.751. The number of rotatable bonds is 3. The number of carboxylic acid groups (broad SMARTS) is 1. The Hall–Kier alpha value is -1.43. The van der Waals surface area contributed by atoms with Crippen molar-refractivity contribution in [1.29, 1.82) is 0 Å². The van der Waals surface area contributed by atoms with Gasteiger partial charge in [0.15, 0.2) is 0 Å². The van der Waals surface area contributed by atoms with Gasteiger partial charge in [-0.2, -0.15) is 0 Å². The number of aliphatic carboxylic acids is 1. The lowest BCUT2D eigenvalue weighted by Gasteiger charge is -2.30. The first-order chi connectivity index (χ1) is 8.91. The number of likely N-dealkylation sites (tertiary alicyclic amines) is 1. The van der Waals surface area contributed by atoms with Gasteiger partial charge in [0.1, 0.15) is 0 Å². The molecule has 1 aromatic heterocycles. The molecule has 19 heavy (non-hydrogen) atoms. The Morgan fingerprint density at radius 2 is 2.21 bits per heavy atom. The van der Waals surface area contributed by atoms with E-state index in [0.29, 0.717) is 0 Å². The summed E-state index contributed by atoms with van der Waals surface area (Å²) in [4.78, 5) is 29.1. The van der Waals surface area contributed by atoms with E-state index in [0.717, 1.165) is 10.0 Å². The quantitative estimate of drug-likeness (QED) is 0.924. The highest BCUT2D eigenvalue weighted by Crippen LogP contribution is 2.39. The maximum Gasteiger partial charge on any atom is 0.309 e. The van der Waals surface area contributed by atoms with Gasteiger partial charge in [0.25, 0.3) is 0 Å². The molecule has 1 aliphatic heterocycles. The number of amides is 1. The summed E-state index contributed by atoms with van der Waals surface area (Å²) in [5.74, 6) is -1.78. The van der Waals surface area contributed by atoms with Gasteiger partial charge in [0.2, 0.25) is 5.91 Å². The summed E-state index contributed by atoms with van der Waals surface area (Å²) >= 11 is 3.32. The molecule has 0 aliphatic carbocycles. The van der Waals surface area contributed by atoms with Crippen LogP contribution < -0.4 is 0 Å². The standard InChI is InChI=1S/C13H15BrN2O3/c1-7(2)16-11(17)4-10(13(18)19)12(16)8-3-9(14)6-15-5-8/h3,5-7,10,12H,4H2,1-2H3,(H,18,19).